The van der Waals surface area contributed by atoms with E-state index in [1.165, 1.54) is 0 Å². The van der Waals surface area contributed by atoms with Crippen LogP contribution in [0.3, 0.4) is 0 Å². The highest BCUT2D eigenvalue weighted by Crippen LogP contribution is 2.22. The molecule has 0 saturated carbocycles. The minimum absolute atomic E-state index is 0.0516. The molecule has 1 atom stereocenters. The molecule has 2 aromatic rings. The van der Waals surface area contributed by atoms with Crippen LogP contribution in [0.4, 0.5) is 0 Å². The number of phenols is 1. The van der Waals surface area contributed by atoms with Crippen molar-refractivity contribution in [2.75, 3.05) is 0 Å². The van der Waals surface area contributed by atoms with Gasteiger partial charge in [-0.15, -0.1) is 0 Å². The van der Waals surface area contributed by atoms with Crippen LogP contribution in [0.25, 0.3) is 11.1 Å². The van der Waals surface area contributed by atoms with Crippen molar-refractivity contribution in [2.24, 2.45) is 0 Å². The van der Waals surface area contributed by atoms with Crippen molar-refractivity contribution in [3.05, 3.63) is 54.1 Å². The summed E-state index contributed by atoms with van der Waals surface area (Å²) in [4.78, 5) is 12.1. The van der Waals surface area contributed by atoms with Gasteiger partial charge in [0, 0.05) is 0 Å². The lowest BCUT2D eigenvalue weighted by Crippen LogP contribution is -2.14. The molecule has 0 bridgehead atoms. The Morgan fingerprint density at radius 3 is 2.14 bits per heavy atom. The molecule has 3 nitrogen and oxygen atoms in total. The number of unbranched alkanes of at least 4 members (excludes halogenated alkanes) is 1. The summed E-state index contributed by atoms with van der Waals surface area (Å²) in [6, 6.07) is 14.3. The third-order valence-electron chi connectivity index (χ3n) is 3.59. The zero-order valence-electron chi connectivity index (χ0n) is 13.1. The number of aromatic hydroxyl groups is 1. The predicted octanol–water partition coefficient (Wildman–Crippen LogP) is 4.79. The van der Waals surface area contributed by atoms with E-state index in [2.05, 4.69) is 6.92 Å². The minimum Gasteiger partial charge on any atom is -0.508 e. The van der Waals surface area contributed by atoms with Gasteiger partial charge in [-0.2, -0.15) is 0 Å². The first-order chi connectivity index (χ1) is 10.6. The van der Waals surface area contributed by atoms with Gasteiger partial charge in [-0.1, -0.05) is 44.0 Å². The van der Waals surface area contributed by atoms with Crippen LogP contribution in [0.2, 0.25) is 0 Å². The summed E-state index contributed by atoms with van der Waals surface area (Å²) in [6.45, 7) is 4.05. The molecule has 116 valence electrons. The number of rotatable bonds is 6. The average molecular weight is 298 g/mol. The van der Waals surface area contributed by atoms with E-state index in [0.29, 0.717) is 5.56 Å². The first kappa shape index (κ1) is 16.1. The second-order valence-corrected chi connectivity index (χ2v) is 5.48. The van der Waals surface area contributed by atoms with Crippen LogP contribution in [0.15, 0.2) is 48.5 Å². The fraction of sp³-hybridized carbons (Fsp3) is 0.316. The van der Waals surface area contributed by atoms with Crippen molar-refractivity contribution in [1.82, 2.24) is 0 Å². The van der Waals surface area contributed by atoms with Crippen molar-refractivity contribution < 1.29 is 14.6 Å². The number of esters is 1. The normalized spacial score (nSPS) is 11.9. The molecule has 0 amide bonds. The van der Waals surface area contributed by atoms with Gasteiger partial charge in [-0.05, 0) is 48.7 Å². The van der Waals surface area contributed by atoms with Crippen LogP contribution in [0.5, 0.6) is 5.75 Å². The molecule has 3 heteroatoms. The van der Waals surface area contributed by atoms with Crippen molar-refractivity contribution in [3.63, 3.8) is 0 Å². The molecule has 1 N–H and O–H groups in total. The fourth-order valence-corrected chi connectivity index (χ4v) is 2.25. The fourth-order valence-electron chi connectivity index (χ4n) is 2.25. The quantitative estimate of drug-likeness (QED) is 0.780. The van der Waals surface area contributed by atoms with Gasteiger partial charge in [0.25, 0.3) is 0 Å². The molecule has 0 aliphatic heterocycles. The lowest BCUT2D eigenvalue weighted by molar-refractivity contribution is 0.0320. The highest BCUT2D eigenvalue weighted by molar-refractivity contribution is 5.90. The Morgan fingerprint density at radius 2 is 1.59 bits per heavy atom. The van der Waals surface area contributed by atoms with Gasteiger partial charge in [-0.3, -0.25) is 0 Å². The molecule has 0 heterocycles. The van der Waals surface area contributed by atoms with Crippen molar-refractivity contribution in [3.8, 4) is 16.9 Å². The number of benzene rings is 2. The predicted molar refractivity (Wildman–Crippen MR) is 87.9 cm³/mol. The highest BCUT2D eigenvalue weighted by Gasteiger charge is 2.11. The van der Waals surface area contributed by atoms with Crippen LogP contribution in [0, 0.1) is 0 Å². The molecule has 22 heavy (non-hydrogen) atoms. The SMILES string of the molecule is CCCCC(C)OC(=O)c1ccc(-c2ccc(O)cc2)cc1. The third-order valence-corrected chi connectivity index (χ3v) is 3.59. The number of phenolic OH excluding ortho intramolecular Hbond substituents is 1. The Balaban J connectivity index is 2.02. The molecule has 2 aromatic carbocycles. The Hall–Kier alpha value is -2.29. The van der Waals surface area contributed by atoms with Crippen molar-refractivity contribution >= 4 is 5.97 Å². The Morgan fingerprint density at radius 1 is 1.05 bits per heavy atom. The molecular formula is C19H22O3. The summed E-state index contributed by atoms with van der Waals surface area (Å²) in [7, 11) is 0. The van der Waals surface area contributed by atoms with Crippen molar-refractivity contribution in [2.45, 2.75) is 39.2 Å². The summed E-state index contributed by atoms with van der Waals surface area (Å²) in [5.74, 6) is -0.0362. The van der Waals surface area contributed by atoms with E-state index in [4.69, 9.17) is 4.74 Å². The Bertz CT molecular complexity index is 600. The van der Waals surface area contributed by atoms with Crippen LogP contribution in [-0.2, 0) is 4.74 Å². The van der Waals surface area contributed by atoms with E-state index in [0.717, 1.165) is 30.4 Å². The molecule has 2 rings (SSSR count). The number of carbonyl (C=O) groups is 1. The molecule has 0 spiro atoms. The van der Waals surface area contributed by atoms with Gasteiger partial charge >= 0.3 is 5.97 Å². The number of hydrogen-bond donors (Lipinski definition) is 1. The van der Waals surface area contributed by atoms with Crippen LogP contribution in [0.1, 0.15) is 43.5 Å². The number of carbonyl (C=O) groups excluding carboxylic acids is 1. The van der Waals surface area contributed by atoms with E-state index in [-0.39, 0.29) is 17.8 Å². The molecule has 0 saturated heterocycles. The molecule has 0 aromatic heterocycles. The maximum atomic E-state index is 12.1. The summed E-state index contributed by atoms with van der Waals surface area (Å²) in [5, 5.41) is 9.30. The first-order valence-corrected chi connectivity index (χ1v) is 7.70. The second-order valence-electron chi connectivity index (χ2n) is 5.48. The van der Waals surface area contributed by atoms with Gasteiger partial charge < -0.3 is 9.84 Å². The van der Waals surface area contributed by atoms with Gasteiger partial charge in [0.1, 0.15) is 5.75 Å². The number of hydrogen-bond acceptors (Lipinski definition) is 3. The average Bonchev–Trinajstić information content (AvgIpc) is 2.54. The van der Waals surface area contributed by atoms with E-state index in [1.54, 1.807) is 24.3 Å². The summed E-state index contributed by atoms with van der Waals surface area (Å²) in [6.07, 6.45) is 3.01. The monoisotopic (exact) mass is 298 g/mol. The largest absolute Gasteiger partial charge is 0.508 e. The Labute approximate surface area is 131 Å². The van der Waals surface area contributed by atoms with Gasteiger partial charge in [0.05, 0.1) is 11.7 Å². The van der Waals surface area contributed by atoms with Gasteiger partial charge in [0.2, 0.25) is 0 Å². The van der Waals surface area contributed by atoms with Crippen LogP contribution >= 0.6 is 0 Å². The van der Waals surface area contributed by atoms with Crippen molar-refractivity contribution in [1.29, 1.82) is 0 Å². The zero-order chi connectivity index (χ0) is 15.9. The first-order valence-electron chi connectivity index (χ1n) is 7.70. The van der Waals surface area contributed by atoms with E-state index < -0.39 is 0 Å². The summed E-state index contributed by atoms with van der Waals surface area (Å²) < 4.78 is 5.43. The number of ether oxygens (including phenoxy) is 1. The molecule has 1 unspecified atom stereocenters. The molecular weight excluding hydrogens is 276 g/mol. The van der Waals surface area contributed by atoms with Gasteiger partial charge in [0.15, 0.2) is 0 Å². The van der Waals surface area contributed by atoms with Crippen LogP contribution < -0.4 is 0 Å². The highest BCUT2D eigenvalue weighted by atomic mass is 16.5. The molecule has 0 fully saturated rings. The lowest BCUT2D eigenvalue weighted by Gasteiger charge is -2.13. The maximum Gasteiger partial charge on any atom is 0.338 e. The third kappa shape index (κ3) is 4.35. The smallest absolute Gasteiger partial charge is 0.338 e. The maximum absolute atomic E-state index is 12.1. The molecule has 0 aliphatic carbocycles. The molecule has 0 radical (unpaired) electrons. The minimum atomic E-state index is -0.277. The van der Waals surface area contributed by atoms with E-state index in [1.807, 2.05) is 31.2 Å². The standard InChI is InChI=1S/C19H22O3/c1-3-4-5-14(2)22-19(21)17-8-6-15(7-9-17)16-10-12-18(20)13-11-16/h6-14,20H,3-5H2,1-2H3. The summed E-state index contributed by atoms with van der Waals surface area (Å²) in [5.41, 5.74) is 2.55. The summed E-state index contributed by atoms with van der Waals surface area (Å²) >= 11 is 0. The van der Waals surface area contributed by atoms with Gasteiger partial charge in [-0.25, -0.2) is 4.79 Å². The zero-order valence-corrected chi connectivity index (χ0v) is 13.1. The lowest BCUT2D eigenvalue weighted by atomic mass is 10.0. The topological polar surface area (TPSA) is 46.5 Å². The van der Waals surface area contributed by atoms with E-state index >= 15 is 0 Å². The Kier molecular flexibility index (Phi) is 5.59. The second kappa shape index (κ2) is 7.64. The molecule has 0 aliphatic rings. The van der Waals surface area contributed by atoms with E-state index in [9.17, 15) is 9.90 Å². The van der Waals surface area contributed by atoms with Crippen LogP contribution in [-0.4, -0.2) is 17.2 Å².